The Morgan fingerprint density at radius 3 is 2.07 bits per heavy atom. The van der Waals surface area contributed by atoms with Crippen molar-refractivity contribution in [2.75, 3.05) is 31.1 Å². The lowest BCUT2D eigenvalue weighted by molar-refractivity contribution is -0.387. The quantitative estimate of drug-likeness (QED) is 0.551. The Labute approximate surface area is 161 Å². The molecule has 2 aromatic rings. The van der Waals surface area contributed by atoms with Gasteiger partial charge in [-0.3, -0.25) is 20.2 Å². The van der Waals surface area contributed by atoms with Gasteiger partial charge >= 0.3 is 0 Å². The van der Waals surface area contributed by atoms with Gasteiger partial charge in [0.2, 0.25) is 10.0 Å². The minimum absolute atomic E-state index is 0.0290. The first kappa shape index (κ1) is 19.7. The zero-order chi connectivity index (χ0) is 20.5. The third-order valence-corrected chi connectivity index (χ3v) is 6.61. The van der Waals surface area contributed by atoms with Crippen molar-refractivity contribution in [1.82, 2.24) is 4.31 Å². The second-order valence-corrected chi connectivity index (χ2v) is 8.25. The van der Waals surface area contributed by atoms with E-state index in [2.05, 4.69) is 0 Å². The Morgan fingerprint density at radius 1 is 0.893 bits per heavy atom. The molecule has 1 saturated heterocycles. The van der Waals surface area contributed by atoms with Crippen molar-refractivity contribution < 1.29 is 18.3 Å². The first-order valence-corrected chi connectivity index (χ1v) is 9.89. The van der Waals surface area contributed by atoms with Crippen LogP contribution in [0.5, 0.6) is 0 Å². The Morgan fingerprint density at radius 2 is 1.50 bits per heavy atom. The van der Waals surface area contributed by atoms with Gasteiger partial charge in [0.25, 0.3) is 11.4 Å². The molecule has 0 N–H and O–H groups in total. The van der Waals surface area contributed by atoms with Gasteiger partial charge in [-0.25, -0.2) is 8.42 Å². The van der Waals surface area contributed by atoms with Crippen LogP contribution in [0, 0.1) is 27.2 Å². The van der Waals surface area contributed by atoms with Crippen molar-refractivity contribution in [2.24, 2.45) is 0 Å². The van der Waals surface area contributed by atoms with Gasteiger partial charge in [-0.1, -0.05) is 12.1 Å². The zero-order valence-corrected chi connectivity index (χ0v) is 15.8. The standard InChI is InChI=1S/C17H18N4O6S/c1-13-12-14(6-7-15(13)20(22)23)18-8-10-19(11-9-18)28(26,27)17-5-3-2-4-16(17)21(24)25/h2-7,12H,8-11H2,1H3. The minimum Gasteiger partial charge on any atom is -0.369 e. The maximum atomic E-state index is 12.9. The smallest absolute Gasteiger partial charge is 0.289 e. The van der Waals surface area contributed by atoms with Crippen LogP contribution in [0.4, 0.5) is 17.1 Å². The topological polar surface area (TPSA) is 127 Å². The van der Waals surface area contributed by atoms with E-state index in [0.717, 1.165) is 5.69 Å². The molecule has 0 amide bonds. The maximum absolute atomic E-state index is 12.9. The van der Waals surface area contributed by atoms with Crippen LogP contribution in [0.2, 0.25) is 0 Å². The molecule has 0 saturated carbocycles. The number of hydrogen-bond acceptors (Lipinski definition) is 7. The van der Waals surface area contributed by atoms with Gasteiger partial charge in [-0.2, -0.15) is 4.31 Å². The SMILES string of the molecule is Cc1cc(N2CCN(S(=O)(=O)c3ccccc3[N+](=O)[O-])CC2)ccc1[N+](=O)[O-]. The summed E-state index contributed by atoms with van der Waals surface area (Å²) in [5.41, 5.74) is 0.876. The number of hydrogen-bond donors (Lipinski definition) is 0. The summed E-state index contributed by atoms with van der Waals surface area (Å²) in [7, 11) is -3.99. The highest BCUT2D eigenvalue weighted by Crippen LogP contribution is 2.29. The van der Waals surface area contributed by atoms with Gasteiger partial charge in [0, 0.05) is 49.6 Å². The van der Waals surface area contributed by atoms with E-state index in [0.29, 0.717) is 18.7 Å². The van der Waals surface area contributed by atoms with E-state index in [1.165, 1.54) is 34.6 Å². The summed E-state index contributed by atoms with van der Waals surface area (Å²) < 4.78 is 26.9. The molecular weight excluding hydrogens is 388 g/mol. The first-order chi connectivity index (χ1) is 13.2. The average Bonchev–Trinajstić information content (AvgIpc) is 2.67. The van der Waals surface area contributed by atoms with Crippen molar-refractivity contribution in [2.45, 2.75) is 11.8 Å². The van der Waals surface area contributed by atoms with Crippen molar-refractivity contribution >= 4 is 27.1 Å². The van der Waals surface area contributed by atoms with E-state index in [-0.39, 0.29) is 23.7 Å². The van der Waals surface area contributed by atoms with Crippen LogP contribution in [-0.2, 0) is 10.0 Å². The number of nitro benzene ring substituents is 2. The van der Waals surface area contributed by atoms with E-state index < -0.39 is 25.6 Å². The normalized spacial score (nSPS) is 15.4. The molecular formula is C17H18N4O6S. The Hall–Kier alpha value is -3.05. The highest BCUT2D eigenvalue weighted by atomic mass is 32.2. The maximum Gasteiger partial charge on any atom is 0.289 e. The van der Waals surface area contributed by atoms with E-state index in [1.54, 1.807) is 19.1 Å². The Balaban J connectivity index is 1.78. The third kappa shape index (κ3) is 3.66. The number of para-hydroxylation sites is 1. The molecule has 0 spiro atoms. The van der Waals surface area contributed by atoms with Gasteiger partial charge < -0.3 is 4.90 Å². The van der Waals surface area contributed by atoms with Crippen molar-refractivity contribution in [1.29, 1.82) is 0 Å². The minimum atomic E-state index is -3.99. The van der Waals surface area contributed by atoms with Crippen LogP contribution in [0.3, 0.4) is 0 Å². The fourth-order valence-corrected chi connectivity index (χ4v) is 4.77. The number of rotatable bonds is 5. The molecule has 10 nitrogen and oxygen atoms in total. The van der Waals surface area contributed by atoms with Gasteiger partial charge in [0.15, 0.2) is 4.90 Å². The van der Waals surface area contributed by atoms with E-state index in [1.807, 2.05) is 4.90 Å². The molecule has 1 fully saturated rings. The van der Waals surface area contributed by atoms with Crippen molar-refractivity contribution in [3.63, 3.8) is 0 Å². The molecule has 11 heteroatoms. The van der Waals surface area contributed by atoms with Crippen molar-refractivity contribution in [3.05, 3.63) is 68.3 Å². The summed E-state index contributed by atoms with van der Waals surface area (Å²) in [6.45, 7) is 2.71. The highest BCUT2D eigenvalue weighted by molar-refractivity contribution is 7.89. The van der Waals surface area contributed by atoms with Crippen LogP contribution in [-0.4, -0.2) is 48.7 Å². The van der Waals surface area contributed by atoms with Crippen LogP contribution < -0.4 is 4.90 Å². The summed E-state index contributed by atoms with van der Waals surface area (Å²) in [6.07, 6.45) is 0. The number of nitro groups is 2. The number of benzene rings is 2. The lowest BCUT2D eigenvalue weighted by Crippen LogP contribution is -2.48. The lowest BCUT2D eigenvalue weighted by Gasteiger charge is -2.35. The molecule has 0 atom stereocenters. The van der Waals surface area contributed by atoms with Gasteiger partial charge in [0.1, 0.15) is 0 Å². The second-order valence-electron chi connectivity index (χ2n) is 6.34. The molecule has 0 aliphatic carbocycles. The highest BCUT2D eigenvalue weighted by Gasteiger charge is 2.33. The summed E-state index contributed by atoms with van der Waals surface area (Å²) in [6, 6.07) is 10.0. The molecule has 1 aliphatic rings. The van der Waals surface area contributed by atoms with E-state index in [9.17, 15) is 28.6 Å². The molecule has 148 valence electrons. The molecule has 1 aliphatic heterocycles. The van der Waals surface area contributed by atoms with Crippen LogP contribution in [0.25, 0.3) is 0 Å². The number of anilines is 1. The summed E-state index contributed by atoms with van der Waals surface area (Å²) >= 11 is 0. The van der Waals surface area contributed by atoms with Crippen LogP contribution in [0.15, 0.2) is 47.4 Å². The second kappa shape index (κ2) is 7.52. The monoisotopic (exact) mass is 406 g/mol. The van der Waals surface area contributed by atoms with Gasteiger partial charge in [-0.15, -0.1) is 0 Å². The molecule has 3 rings (SSSR count). The summed E-state index contributed by atoms with van der Waals surface area (Å²) in [5, 5.41) is 22.1. The predicted molar refractivity (Wildman–Crippen MR) is 102 cm³/mol. The van der Waals surface area contributed by atoms with Gasteiger partial charge in [-0.05, 0) is 25.1 Å². The molecule has 1 heterocycles. The predicted octanol–water partition coefficient (Wildman–Crippen LogP) is 2.32. The third-order valence-electron chi connectivity index (χ3n) is 4.66. The summed E-state index contributed by atoms with van der Waals surface area (Å²) in [5.74, 6) is 0. The number of aryl methyl sites for hydroxylation is 1. The molecule has 2 aromatic carbocycles. The lowest BCUT2D eigenvalue weighted by atomic mass is 10.1. The summed E-state index contributed by atoms with van der Waals surface area (Å²) in [4.78, 5) is 22.6. The Bertz CT molecular complexity index is 1030. The van der Waals surface area contributed by atoms with Crippen LogP contribution in [0.1, 0.15) is 5.56 Å². The van der Waals surface area contributed by atoms with Crippen molar-refractivity contribution in [3.8, 4) is 0 Å². The van der Waals surface area contributed by atoms with E-state index in [4.69, 9.17) is 0 Å². The molecule has 0 unspecified atom stereocenters. The fourth-order valence-electron chi connectivity index (χ4n) is 3.19. The Kier molecular flexibility index (Phi) is 5.29. The number of piperazine rings is 1. The van der Waals surface area contributed by atoms with Crippen LogP contribution >= 0.6 is 0 Å². The number of sulfonamides is 1. The average molecular weight is 406 g/mol. The van der Waals surface area contributed by atoms with E-state index >= 15 is 0 Å². The molecule has 0 aromatic heterocycles. The zero-order valence-electron chi connectivity index (χ0n) is 15.0. The molecule has 0 bridgehead atoms. The molecule has 0 radical (unpaired) electrons. The number of nitrogens with zero attached hydrogens (tertiary/aromatic N) is 4. The largest absolute Gasteiger partial charge is 0.369 e. The fraction of sp³-hybridized carbons (Fsp3) is 0.294. The van der Waals surface area contributed by atoms with Gasteiger partial charge in [0.05, 0.1) is 9.85 Å². The molecule has 28 heavy (non-hydrogen) atoms. The first-order valence-electron chi connectivity index (χ1n) is 8.45.